The summed E-state index contributed by atoms with van der Waals surface area (Å²) in [5.74, 6) is 0.675. The molecule has 0 aliphatic rings. The van der Waals surface area contributed by atoms with E-state index in [1.54, 1.807) is 12.2 Å². The lowest BCUT2D eigenvalue weighted by Crippen LogP contribution is -2.26. The van der Waals surface area contributed by atoms with Crippen LogP contribution < -0.4 is 5.32 Å². The summed E-state index contributed by atoms with van der Waals surface area (Å²) in [5, 5.41) is 4.91. The molecule has 3 heteroatoms. The molecule has 0 aliphatic carbocycles. The van der Waals surface area contributed by atoms with Gasteiger partial charge in [0.1, 0.15) is 0 Å². The SMILES string of the molecule is C=Cc1cc2ccccc2c(C(=O)NCCCS)c1C=C. The molecule has 0 saturated carbocycles. The Hall–Kier alpha value is -2.00. The number of benzene rings is 2. The number of amides is 1. The fraction of sp³-hybridized carbons (Fsp3) is 0.167. The average Bonchev–Trinajstić information content (AvgIpc) is 2.52. The van der Waals surface area contributed by atoms with Crippen molar-refractivity contribution in [2.24, 2.45) is 0 Å². The van der Waals surface area contributed by atoms with E-state index in [-0.39, 0.29) is 5.91 Å². The van der Waals surface area contributed by atoms with Gasteiger partial charge in [-0.1, -0.05) is 49.6 Å². The predicted molar refractivity (Wildman–Crippen MR) is 94.9 cm³/mol. The normalized spacial score (nSPS) is 10.3. The largest absolute Gasteiger partial charge is 0.352 e. The number of carbonyl (C=O) groups is 1. The molecule has 1 amide bonds. The van der Waals surface area contributed by atoms with Crippen LogP contribution in [-0.2, 0) is 0 Å². The molecular formula is C18H19NOS. The zero-order valence-electron chi connectivity index (χ0n) is 11.9. The highest BCUT2D eigenvalue weighted by Gasteiger charge is 2.16. The van der Waals surface area contributed by atoms with E-state index in [1.165, 1.54) is 0 Å². The standard InChI is InChI=1S/C18H19NOS/c1-3-13-12-14-8-5-6-9-16(14)17(15(13)4-2)18(20)19-10-7-11-21/h3-6,8-9,12,21H,1-2,7,10-11H2,(H,19,20). The van der Waals surface area contributed by atoms with E-state index in [0.717, 1.165) is 34.1 Å². The predicted octanol–water partition coefficient (Wildman–Crippen LogP) is 4.18. The molecule has 0 bridgehead atoms. The van der Waals surface area contributed by atoms with Crippen LogP contribution in [0.2, 0.25) is 0 Å². The van der Waals surface area contributed by atoms with Gasteiger partial charge < -0.3 is 5.32 Å². The zero-order chi connectivity index (χ0) is 15.2. The van der Waals surface area contributed by atoms with Crippen molar-refractivity contribution in [2.75, 3.05) is 12.3 Å². The molecule has 0 aliphatic heterocycles. The summed E-state index contributed by atoms with van der Waals surface area (Å²) < 4.78 is 0. The van der Waals surface area contributed by atoms with Gasteiger partial charge in [0.2, 0.25) is 0 Å². The van der Waals surface area contributed by atoms with Crippen LogP contribution in [0.25, 0.3) is 22.9 Å². The van der Waals surface area contributed by atoms with Crippen LogP contribution in [0.4, 0.5) is 0 Å². The first-order valence-electron chi connectivity index (χ1n) is 6.92. The lowest BCUT2D eigenvalue weighted by molar-refractivity contribution is 0.0955. The van der Waals surface area contributed by atoms with Gasteiger partial charge in [-0.15, -0.1) is 0 Å². The van der Waals surface area contributed by atoms with Crippen molar-refractivity contribution in [1.29, 1.82) is 0 Å². The molecule has 0 saturated heterocycles. The van der Waals surface area contributed by atoms with Gasteiger partial charge in [0, 0.05) is 6.54 Å². The molecule has 2 aromatic carbocycles. The van der Waals surface area contributed by atoms with Crippen LogP contribution >= 0.6 is 12.6 Å². The Labute approximate surface area is 131 Å². The van der Waals surface area contributed by atoms with Crippen molar-refractivity contribution in [3.05, 3.63) is 60.2 Å². The lowest BCUT2D eigenvalue weighted by atomic mass is 9.93. The minimum absolute atomic E-state index is 0.0772. The van der Waals surface area contributed by atoms with Gasteiger partial charge in [0.05, 0.1) is 5.56 Å². The first-order valence-corrected chi connectivity index (χ1v) is 7.55. The number of fused-ring (bicyclic) bond motifs is 1. The molecule has 2 rings (SSSR count). The highest BCUT2D eigenvalue weighted by molar-refractivity contribution is 7.80. The number of thiol groups is 1. The van der Waals surface area contributed by atoms with Crippen LogP contribution in [0.15, 0.2) is 43.5 Å². The topological polar surface area (TPSA) is 29.1 Å². The Morgan fingerprint density at radius 1 is 1.24 bits per heavy atom. The molecule has 0 fully saturated rings. The summed E-state index contributed by atoms with van der Waals surface area (Å²) in [6.07, 6.45) is 4.32. The van der Waals surface area contributed by atoms with Crippen molar-refractivity contribution < 1.29 is 4.79 Å². The van der Waals surface area contributed by atoms with Crippen molar-refractivity contribution in [3.63, 3.8) is 0 Å². The first-order chi connectivity index (χ1) is 10.2. The first kappa shape index (κ1) is 15.4. The molecule has 2 nitrogen and oxygen atoms in total. The van der Waals surface area contributed by atoms with Gasteiger partial charge in [0.15, 0.2) is 0 Å². The number of hydrogen-bond acceptors (Lipinski definition) is 2. The highest BCUT2D eigenvalue weighted by atomic mass is 32.1. The van der Waals surface area contributed by atoms with E-state index in [9.17, 15) is 4.79 Å². The van der Waals surface area contributed by atoms with Crippen LogP contribution in [0.5, 0.6) is 0 Å². The Kier molecular flexibility index (Phi) is 5.23. The number of nitrogens with one attached hydrogen (secondary N) is 1. The maximum Gasteiger partial charge on any atom is 0.252 e. The van der Waals surface area contributed by atoms with E-state index in [1.807, 2.05) is 30.3 Å². The van der Waals surface area contributed by atoms with E-state index in [0.29, 0.717) is 12.1 Å². The van der Waals surface area contributed by atoms with E-state index in [2.05, 4.69) is 31.1 Å². The van der Waals surface area contributed by atoms with Gasteiger partial charge in [0.25, 0.3) is 5.91 Å². The fourth-order valence-corrected chi connectivity index (χ4v) is 2.55. The van der Waals surface area contributed by atoms with Crippen LogP contribution in [0.3, 0.4) is 0 Å². The molecular weight excluding hydrogens is 278 g/mol. The Bertz CT molecular complexity index is 691. The minimum Gasteiger partial charge on any atom is -0.352 e. The van der Waals surface area contributed by atoms with Crippen LogP contribution in [0, 0.1) is 0 Å². The maximum atomic E-state index is 12.6. The van der Waals surface area contributed by atoms with E-state index >= 15 is 0 Å². The summed E-state index contributed by atoms with van der Waals surface area (Å²) in [6.45, 7) is 8.30. The number of rotatable bonds is 6. The monoisotopic (exact) mass is 297 g/mol. The molecule has 0 radical (unpaired) electrons. The summed E-state index contributed by atoms with van der Waals surface area (Å²) in [6, 6.07) is 9.89. The van der Waals surface area contributed by atoms with Crippen molar-refractivity contribution >= 4 is 41.5 Å². The third-order valence-electron chi connectivity index (χ3n) is 3.39. The minimum atomic E-state index is -0.0772. The third kappa shape index (κ3) is 3.19. The molecule has 0 aromatic heterocycles. The second kappa shape index (κ2) is 7.14. The van der Waals surface area contributed by atoms with E-state index < -0.39 is 0 Å². The van der Waals surface area contributed by atoms with Gasteiger partial charge >= 0.3 is 0 Å². The van der Waals surface area contributed by atoms with Crippen molar-refractivity contribution in [1.82, 2.24) is 5.32 Å². The maximum absolute atomic E-state index is 12.6. The smallest absolute Gasteiger partial charge is 0.252 e. The number of carbonyl (C=O) groups excluding carboxylic acids is 1. The van der Waals surface area contributed by atoms with Gasteiger partial charge in [-0.05, 0) is 40.1 Å². The second-order valence-corrected chi connectivity index (χ2v) is 5.16. The van der Waals surface area contributed by atoms with Crippen molar-refractivity contribution in [2.45, 2.75) is 6.42 Å². The number of hydrogen-bond donors (Lipinski definition) is 2. The lowest BCUT2D eigenvalue weighted by Gasteiger charge is -2.14. The third-order valence-corrected chi connectivity index (χ3v) is 3.71. The molecule has 0 unspecified atom stereocenters. The van der Waals surface area contributed by atoms with E-state index in [4.69, 9.17) is 0 Å². The molecule has 0 heterocycles. The second-order valence-electron chi connectivity index (χ2n) is 4.72. The summed E-state index contributed by atoms with van der Waals surface area (Å²) in [7, 11) is 0. The zero-order valence-corrected chi connectivity index (χ0v) is 12.8. The Balaban J connectivity index is 2.59. The molecule has 108 valence electrons. The quantitative estimate of drug-likeness (QED) is 0.608. The van der Waals surface area contributed by atoms with Crippen LogP contribution in [0.1, 0.15) is 27.9 Å². The molecule has 0 atom stereocenters. The van der Waals surface area contributed by atoms with Gasteiger partial charge in [-0.2, -0.15) is 12.6 Å². The van der Waals surface area contributed by atoms with Gasteiger partial charge in [-0.3, -0.25) is 4.79 Å². The Morgan fingerprint density at radius 3 is 2.67 bits per heavy atom. The van der Waals surface area contributed by atoms with Crippen LogP contribution in [-0.4, -0.2) is 18.2 Å². The molecule has 2 aromatic rings. The van der Waals surface area contributed by atoms with Gasteiger partial charge in [-0.25, -0.2) is 0 Å². The summed E-state index contributed by atoms with van der Waals surface area (Å²) >= 11 is 4.16. The molecule has 1 N–H and O–H groups in total. The Morgan fingerprint density at radius 2 is 2.00 bits per heavy atom. The molecule has 21 heavy (non-hydrogen) atoms. The van der Waals surface area contributed by atoms with Crippen molar-refractivity contribution in [3.8, 4) is 0 Å². The fourth-order valence-electron chi connectivity index (χ4n) is 2.39. The summed E-state index contributed by atoms with van der Waals surface area (Å²) in [4.78, 5) is 12.6. The summed E-state index contributed by atoms with van der Waals surface area (Å²) in [5.41, 5.74) is 2.41. The average molecular weight is 297 g/mol. The highest BCUT2D eigenvalue weighted by Crippen LogP contribution is 2.27. The molecule has 0 spiro atoms.